The topological polar surface area (TPSA) is 224 Å². The first-order valence-corrected chi connectivity index (χ1v) is 12.2. The van der Waals surface area contributed by atoms with Gasteiger partial charge in [0.1, 0.15) is 12.3 Å². The highest BCUT2D eigenvalue weighted by atomic mass is 31.3. The molecule has 15 nitrogen and oxygen atoms in total. The zero-order valence-corrected chi connectivity index (χ0v) is 17.2. The SMILES string of the molecule is [B-]P(=O)(OC[C@H]1O[C@@H](n2cc(C)c(=O)[nH]c2=O)C[C@@H]1O)OP(=O)(O)OP(=O)(O)O. The third kappa shape index (κ3) is 7.09. The molecular weight excluding hydrogens is 460 g/mol. The van der Waals surface area contributed by atoms with Crippen molar-refractivity contribution in [2.24, 2.45) is 0 Å². The van der Waals surface area contributed by atoms with E-state index in [1.165, 1.54) is 13.1 Å². The second-order valence-electron chi connectivity index (χ2n) is 5.87. The Morgan fingerprint density at radius 2 is 1.90 bits per heavy atom. The summed E-state index contributed by atoms with van der Waals surface area (Å²) in [6.45, 7) is 0.689. The molecule has 1 aromatic heterocycles. The molecule has 1 fully saturated rings. The van der Waals surface area contributed by atoms with Gasteiger partial charge in [-0.25, -0.2) is 18.2 Å². The lowest BCUT2D eigenvalue weighted by molar-refractivity contribution is -0.0417. The number of nitrogens with zero attached hydrogens (tertiary/aromatic N) is 1. The molecule has 5 atom stereocenters. The molecule has 19 heteroatoms. The Morgan fingerprint density at radius 1 is 1.28 bits per heavy atom. The molecule has 3 radical (unpaired) electrons. The van der Waals surface area contributed by atoms with Gasteiger partial charge in [-0.3, -0.25) is 14.3 Å². The van der Waals surface area contributed by atoms with E-state index in [1.54, 1.807) is 0 Å². The van der Waals surface area contributed by atoms with Crippen molar-refractivity contribution in [1.82, 2.24) is 9.55 Å². The summed E-state index contributed by atoms with van der Waals surface area (Å²) in [5.74, 6) is 0. The summed E-state index contributed by atoms with van der Waals surface area (Å²) in [6, 6.07) is 0. The van der Waals surface area contributed by atoms with E-state index in [0.29, 0.717) is 0 Å². The molecule has 0 bridgehead atoms. The lowest BCUT2D eigenvalue weighted by atomic mass is 10.2. The number of H-pyrrole nitrogens is 1. The fraction of sp³-hybridized carbons (Fsp3) is 0.600. The number of aromatic nitrogens is 2. The van der Waals surface area contributed by atoms with Crippen LogP contribution in [0.25, 0.3) is 0 Å². The van der Waals surface area contributed by atoms with Gasteiger partial charge < -0.3 is 41.2 Å². The summed E-state index contributed by atoms with van der Waals surface area (Å²) in [5, 5.41) is 10.0. The van der Waals surface area contributed by atoms with Crippen molar-refractivity contribution >= 4 is 30.7 Å². The van der Waals surface area contributed by atoms with Gasteiger partial charge in [0, 0.05) is 18.2 Å². The van der Waals surface area contributed by atoms with E-state index in [1.807, 2.05) is 0 Å². The Balaban J connectivity index is 2.03. The summed E-state index contributed by atoms with van der Waals surface area (Å²) in [6.07, 6.45) is -2.43. The number of phosphoric acid groups is 2. The first-order chi connectivity index (χ1) is 13.1. The molecule has 2 unspecified atom stereocenters. The minimum absolute atomic E-state index is 0.130. The third-order valence-corrected chi connectivity index (χ3v) is 7.43. The molecule has 29 heavy (non-hydrogen) atoms. The van der Waals surface area contributed by atoms with Crippen LogP contribution in [0.3, 0.4) is 0 Å². The van der Waals surface area contributed by atoms with Gasteiger partial charge in [-0.15, -0.1) is 0 Å². The first kappa shape index (κ1) is 24.4. The molecule has 1 aliphatic heterocycles. The van der Waals surface area contributed by atoms with Crippen LogP contribution in [0.4, 0.5) is 0 Å². The van der Waals surface area contributed by atoms with Gasteiger partial charge in [0.2, 0.25) is 0 Å². The maximum Gasteiger partial charge on any atom is 0.485 e. The van der Waals surface area contributed by atoms with Crippen LogP contribution in [0.5, 0.6) is 0 Å². The predicted molar refractivity (Wildman–Crippen MR) is 93.9 cm³/mol. The van der Waals surface area contributed by atoms with Gasteiger partial charge in [-0.2, -0.15) is 4.31 Å². The highest BCUT2D eigenvalue weighted by Crippen LogP contribution is 2.66. The Morgan fingerprint density at radius 3 is 2.48 bits per heavy atom. The summed E-state index contributed by atoms with van der Waals surface area (Å²) in [4.78, 5) is 51.4. The van der Waals surface area contributed by atoms with Gasteiger partial charge in [-0.05, 0) is 6.92 Å². The molecule has 0 aromatic carbocycles. The molecule has 0 spiro atoms. The van der Waals surface area contributed by atoms with Crippen LogP contribution in [0.15, 0.2) is 15.8 Å². The molecule has 1 saturated heterocycles. The average molecular weight is 476 g/mol. The van der Waals surface area contributed by atoms with Crippen LogP contribution < -0.4 is 11.2 Å². The van der Waals surface area contributed by atoms with Crippen molar-refractivity contribution in [3.05, 3.63) is 32.6 Å². The van der Waals surface area contributed by atoms with Crippen LogP contribution in [0.2, 0.25) is 0 Å². The molecular formula is C10H16BN2O13P3-. The van der Waals surface area contributed by atoms with E-state index in [-0.39, 0.29) is 12.0 Å². The number of hydrogen-bond acceptors (Lipinski definition) is 10. The molecule has 163 valence electrons. The fourth-order valence-corrected chi connectivity index (χ4v) is 5.49. The van der Waals surface area contributed by atoms with Gasteiger partial charge in [0.05, 0.1) is 20.2 Å². The van der Waals surface area contributed by atoms with Crippen LogP contribution in [-0.2, 0) is 31.6 Å². The van der Waals surface area contributed by atoms with Crippen molar-refractivity contribution in [3.8, 4) is 0 Å². The molecule has 0 aliphatic carbocycles. The Bertz CT molecular complexity index is 1020. The first-order valence-electron chi connectivity index (χ1n) is 7.58. The van der Waals surface area contributed by atoms with Crippen LogP contribution in [0, 0.1) is 6.92 Å². The lowest BCUT2D eigenvalue weighted by Gasteiger charge is -2.29. The molecule has 5 N–H and O–H groups in total. The minimum Gasteiger partial charge on any atom is -0.443 e. The van der Waals surface area contributed by atoms with E-state index >= 15 is 0 Å². The van der Waals surface area contributed by atoms with Crippen molar-refractivity contribution in [1.29, 1.82) is 0 Å². The largest absolute Gasteiger partial charge is 0.485 e. The maximum atomic E-state index is 11.9. The van der Waals surface area contributed by atoms with E-state index in [4.69, 9.17) is 27.0 Å². The summed E-state index contributed by atoms with van der Waals surface area (Å²) in [5.41, 5.74) is -1.20. The zero-order valence-electron chi connectivity index (χ0n) is 14.6. The van der Waals surface area contributed by atoms with Crippen LogP contribution in [-0.4, -0.2) is 55.7 Å². The van der Waals surface area contributed by atoms with Crippen molar-refractivity contribution in [2.75, 3.05) is 6.61 Å². The monoisotopic (exact) mass is 476 g/mol. The smallest absolute Gasteiger partial charge is 0.443 e. The van der Waals surface area contributed by atoms with Gasteiger partial charge in [-0.1, -0.05) is 0 Å². The molecule has 2 rings (SSSR count). The van der Waals surface area contributed by atoms with Gasteiger partial charge >= 0.3 is 21.3 Å². The predicted octanol–water partition coefficient (Wildman–Crippen LogP) is -0.987. The Kier molecular flexibility index (Phi) is 7.31. The quantitative estimate of drug-likeness (QED) is 0.225. The number of nitrogens with one attached hydrogen (secondary N) is 1. The summed E-state index contributed by atoms with van der Waals surface area (Å²) < 4.78 is 52.2. The van der Waals surface area contributed by atoms with E-state index in [9.17, 15) is 28.4 Å². The molecule has 0 saturated carbocycles. The third-order valence-electron chi connectivity index (χ3n) is 3.51. The molecule has 2 heterocycles. The fourth-order valence-electron chi connectivity index (χ4n) is 2.33. The van der Waals surface area contributed by atoms with E-state index in [2.05, 4.69) is 18.1 Å². The number of ether oxygens (including phenoxy) is 1. The number of aliphatic hydroxyl groups excluding tert-OH is 1. The van der Waals surface area contributed by atoms with E-state index in [0.717, 1.165) is 4.57 Å². The lowest BCUT2D eigenvalue weighted by Crippen LogP contribution is -2.33. The number of rotatable bonds is 8. The molecule has 1 aliphatic rings. The molecule has 0 amide bonds. The normalized spacial score (nSPS) is 26.8. The Labute approximate surface area is 163 Å². The van der Waals surface area contributed by atoms with E-state index < -0.39 is 59.4 Å². The second-order valence-corrected chi connectivity index (χ2v) is 10.4. The van der Waals surface area contributed by atoms with Gasteiger partial charge in [0.25, 0.3) is 5.56 Å². The number of hydrogen-bond donors (Lipinski definition) is 5. The summed E-state index contributed by atoms with van der Waals surface area (Å²) >= 11 is 0. The maximum absolute atomic E-state index is 11.9. The average Bonchev–Trinajstić information content (AvgIpc) is 2.86. The van der Waals surface area contributed by atoms with Crippen molar-refractivity contribution in [2.45, 2.75) is 31.8 Å². The standard InChI is InChI=1S/C10H16BN2O13P3/c1-5-3-13(10(16)12-9(5)15)8-2-6(14)7(24-8)4-23-27(11,17)25-29(21,22)26-28(18,19)20/h3,6-8,14H,2,4H2,1H3,(H,21,22)(H,12,15,16)(H2,18,19,20)/q-1/t6-,7+,8+,27?/m0/s1. The molecule has 1 aromatic rings. The van der Waals surface area contributed by atoms with Gasteiger partial charge in [0.15, 0.2) is 0 Å². The van der Waals surface area contributed by atoms with Crippen LogP contribution in [0.1, 0.15) is 18.2 Å². The highest BCUT2D eigenvalue weighted by molar-refractivity contribution is 7.84. The highest BCUT2D eigenvalue weighted by Gasteiger charge is 2.38. The minimum atomic E-state index is -5.55. The number of aromatic amines is 1. The van der Waals surface area contributed by atoms with Crippen molar-refractivity contribution < 1.29 is 51.4 Å². The summed E-state index contributed by atoms with van der Waals surface area (Å²) in [7, 11) is -10.8. The van der Waals surface area contributed by atoms with Crippen LogP contribution >= 0.6 is 23.1 Å². The second kappa shape index (κ2) is 8.70. The number of aliphatic hydroxyl groups is 1. The zero-order chi connectivity index (χ0) is 22.2. The van der Waals surface area contributed by atoms with Crippen molar-refractivity contribution in [3.63, 3.8) is 0 Å². The number of aryl methyl sites for hydroxylation is 1. The Hall–Kier alpha value is -0.885.